The maximum Gasteiger partial charge on any atom is 0.276 e. The number of hydrogen-bond acceptors (Lipinski definition) is 5. The van der Waals surface area contributed by atoms with E-state index in [9.17, 15) is 14.4 Å². The topological polar surface area (TPSA) is 106 Å². The molecule has 28 heavy (non-hydrogen) atoms. The predicted molar refractivity (Wildman–Crippen MR) is 102 cm³/mol. The van der Waals surface area contributed by atoms with Gasteiger partial charge < -0.3 is 14.8 Å². The summed E-state index contributed by atoms with van der Waals surface area (Å²) in [7, 11) is 1.55. The van der Waals surface area contributed by atoms with Gasteiger partial charge >= 0.3 is 0 Å². The second-order valence-corrected chi connectivity index (χ2v) is 5.82. The summed E-state index contributed by atoms with van der Waals surface area (Å²) in [5.74, 6) is -0.0484. The standard InChI is InChI=1S/C20H23N3O5/c1-27-16-7-9-17(10-8-16)28-14-20(26)23-22-19(25)12-11-18(24)21-13-15-5-3-2-4-6-15/h2-10H,11-14H2,1H3,(H,21,24)(H,22,25)(H,23,26). The van der Waals surface area contributed by atoms with Crippen molar-refractivity contribution in [2.45, 2.75) is 19.4 Å². The largest absolute Gasteiger partial charge is 0.497 e. The van der Waals surface area contributed by atoms with Gasteiger partial charge in [0.25, 0.3) is 5.91 Å². The number of methoxy groups -OCH3 is 1. The molecule has 0 bridgehead atoms. The summed E-state index contributed by atoms with van der Waals surface area (Å²) >= 11 is 0. The average Bonchev–Trinajstić information content (AvgIpc) is 2.74. The van der Waals surface area contributed by atoms with Gasteiger partial charge in [-0.2, -0.15) is 0 Å². The van der Waals surface area contributed by atoms with Gasteiger partial charge in [0.15, 0.2) is 6.61 Å². The zero-order chi connectivity index (χ0) is 20.2. The summed E-state index contributed by atoms with van der Waals surface area (Å²) in [6, 6.07) is 16.2. The fourth-order valence-corrected chi connectivity index (χ4v) is 2.17. The minimum absolute atomic E-state index is 0.0247. The highest BCUT2D eigenvalue weighted by Gasteiger charge is 2.09. The first-order chi connectivity index (χ1) is 13.6. The van der Waals surface area contributed by atoms with Crippen molar-refractivity contribution < 1.29 is 23.9 Å². The highest BCUT2D eigenvalue weighted by Crippen LogP contribution is 2.16. The Balaban J connectivity index is 1.58. The zero-order valence-electron chi connectivity index (χ0n) is 15.6. The normalized spacial score (nSPS) is 9.89. The van der Waals surface area contributed by atoms with Gasteiger partial charge in [0.05, 0.1) is 7.11 Å². The molecule has 0 aliphatic heterocycles. The predicted octanol–water partition coefficient (Wildman–Crippen LogP) is 1.32. The molecular formula is C20H23N3O5. The van der Waals surface area contributed by atoms with Crippen molar-refractivity contribution >= 4 is 17.7 Å². The van der Waals surface area contributed by atoms with Crippen LogP contribution >= 0.6 is 0 Å². The first kappa shape index (κ1) is 20.8. The van der Waals surface area contributed by atoms with Crippen molar-refractivity contribution in [2.75, 3.05) is 13.7 Å². The van der Waals surface area contributed by atoms with Crippen LogP contribution < -0.4 is 25.6 Å². The van der Waals surface area contributed by atoms with Crippen LogP contribution in [0.1, 0.15) is 18.4 Å². The molecule has 0 saturated carbocycles. The lowest BCUT2D eigenvalue weighted by Gasteiger charge is -2.09. The minimum atomic E-state index is -0.516. The Kier molecular flexibility index (Phi) is 8.32. The van der Waals surface area contributed by atoms with Crippen molar-refractivity contribution in [2.24, 2.45) is 0 Å². The molecule has 0 aliphatic rings. The van der Waals surface area contributed by atoms with Gasteiger partial charge in [-0.05, 0) is 29.8 Å². The second kappa shape index (κ2) is 11.2. The molecule has 0 aliphatic carbocycles. The van der Waals surface area contributed by atoms with Gasteiger partial charge in [-0.1, -0.05) is 30.3 Å². The molecular weight excluding hydrogens is 362 g/mol. The minimum Gasteiger partial charge on any atom is -0.497 e. The van der Waals surface area contributed by atoms with E-state index in [-0.39, 0.29) is 25.4 Å². The van der Waals surface area contributed by atoms with E-state index in [1.807, 2.05) is 30.3 Å². The first-order valence-corrected chi connectivity index (χ1v) is 8.72. The van der Waals surface area contributed by atoms with E-state index in [4.69, 9.17) is 9.47 Å². The van der Waals surface area contributed by atoms with E-state index in [2.05, 4.69) is 16.2 Å². The van der Waals surface area contributed by atoms with Crippen LogP contribution in [0.2, 0.25) is 0 Å². The van der Waals surface area contributed by atoms with Crippen LogP contribution in [0.25, 0.3) is 0 Å². The Bertz CT molecular complexity index is 778. The van der Waals surface area contributed by atoms with Crippen LogP contribution in [-0.4, -0.2) is 31.4 Å². The number of hydrogen-bond donors (Lipinski definition) is 3. The van der Waals surface area contributed by atoms with E-state index in [1.54, 1.807) is 31.4 Å². The van der Waals surface area contributed by atoms with Crippen molar-refractivity contribution in [1.29, 1.82) is 0 Å². The summed E-state index contributed by atoms with van der Waals surface area (Å²) < 4.78 is 10.3. The first-order valence-electron chi connectivity index (χ1n) is 8.72. The van der Waals surface area contributed by atoms with Crippen LogP contribution in [0.4, 0.5) is 0 Å². The lowest BCUT2D eigenvalue weighted by atomic mass is 10.2. The van der Waals surface area contributed by atoms with Crippen LogP contribution in [0.5, 0.6) is 11.5 Å². The third kappa shape index (κ3) is 7.77. The maximum atomic E-state index is 11.8. The molecule has 0 radical (unpaired) electrons. The highest BCUT2D eigenvalue weighted by molar-refractivity contribution is 5.86. The van der Waals surface area contributed by atoms with E-state index in [1.165, 1.54) is 0 Å². The van der Waals surface area contributed by atoms with Crippen molar-refractivity contribution in [3.8, 4) is 11.5 Å². The van der Waals surface area contributed by atoms with Gasteiger partial charge in [0.2, 0.25) is 11.8 Å². The molecule has 3 amide bonds. The van der Waals surface area contributed by atoms with Crippen LogP contribution in [-0.2, 0) is 20.9 Å². The number of hydrazine groups is 1. The van der Waals surface area contributed by atoms with Gasteiger partial charge in [-0.15, -0.1) is 0 Å². The maximum absolute atomic E-state index is 11.8. The molecule has 0 fully saturated rings. The molecule has 2 aromatic carbocycles. The lowest BCUT2D eigenvalue weighted by Crippen LogP contribution is -2.44. The van der Waals surface area contributed by atoms with Gasteiger partial charge in [0, 0.05) is 19.4 Å². The number of carbonyl (C=O) groups is 3. The molecule has 8 heteroatoms. The summed E-state index contributed by atoms with van der Waals surface area (Å²) in [5, 5.41) is 2.73. The molecule has 0 aromatic heterocycles. The summed E-state index contributed by atoms with van der Waals surface area (Å²) in [5.41, 5.74) is 5.46. The molecule has 8 nitrogen and oxygen atoms in total. The Labute approximate surface area is 163 Å². The Morgan fingerprint density at radius 2 is 1.39 bits per heavy atom. The molecule has 148 valence electrons. The highest BCUT2D eigenvalue weighted by atomic mass is 16.5. The number of carbonyl (C=O) groups excluding carboxylic acids is 3. The Morgan fingerprint density at radius 3 is 2.07 bits per heavy atom. The molecule has 3 N–H and O–H groups in total. The van der Waals surface area contributed by atoms with E-state index in [0.29, 0.717) is 18.0 Å². The number of nitrogens with one attached hydrogen (secondary N) is 3. The molecule has 0 saturated heterocycles. The van der Waals surface area contributed by atoms with Crippen LogP contribution in [0.3, 0.4) is 0 Å². The average molecular weight is 385 g/mol. The van der Waals surface area contributed by atoms with Crippen LogP contribution in [0.15, 0.2) is 54.6 Å². The SMILES string of the molecule is COc1ccc(OCC(=O)NNC(=O)CCC(=O)NCc2ccccc2)cc1. The van der Waals surface area contributed by atoms with Gasteiger partial charge in [-0.3, -0.25) is 25.2 Å². The van der Waals surface area contributed by atoms with E-state index >= 15 is 0 Å². The number of amides is 3. The molecule has 0 heterocycles. The molecule has 0 atom stereocenters. The van der Waals surface area contributed by atoms with Crippen LogP contribution in [0, 0.1) is 0 Å². The third-order valence-electron chi connectivity index (χ3n) is 3.68. The number of ether oxygens (including phenoxy) is 2. The number of rotatable bonds is 9. The fraction of sp³-hybridized carbons (Fsp3) is 0.250. The quantitative estimate of drug-likeness (QED) is 0.565. The summed E-state index contributed by atoms with van der Waals surface area (Å²) in [6.07, 6.45) is -0.0167. The lowest BCUT2D eigenvalue weighted by molar-refractivity contribution is -0.131. The fourth-order valence-electron chi connectivity index (χ4n) is 2.17. The molecule has 0 unspecified atom stereocenters. The Morgan fingerprint density at radius 1 is 0.786 bits per heavy atom. The van der Waals surface area contributed by atoms with E-state index in [0.717, 1.165) is 5.56 Å². The second-order valence-electron chi connectivity index (χ2n) is 5.82. The number of benzene rings is 2. The Hall–Kier alpha value is -3.55. The zero-order valence-corrected chi connectivity index (χ0v) is 15.6. The van der Waals surface area contributed by atoms with Gasteiger partial charge in [-0.25, -0.2) is 0 Å². The summed E-state index contributed by atoms with van der Waals surface area (Å²) in [4.78, 5) is 35.2. The smallest absolute Gasteiger partial charge is 0.276 e. The van der Waals surface area contributed by atoms with Crippen molar-refractivity contribution in [1.82, 2.24) is 16.2 Å². The van der Waals surface area contributed by atoms with Gasteiger partial charge in [0.1, 0.15) is 11.5 Å². The summed E-state index contributed by atoms with van der Waals surface area (Å²) in [6.45, 7) is 0.144. The molecule has 2 rings (SSSR count). The molecule has 0 spiro atoms. The third-order valence-corrected chi connectivity index (χ3v) is 3.68. The monoisotopic (exact) mass is 385 g/mol. The van der Waals surface area contributed by atoms with E-state index < -0.39 is 11.8 Å². The molecule has 2 aromatic rings. The van der Waals surface area contributed by atoms with Crippen molar-refractivity contribution in [3.63, 3.8) is 0 Å². The van der Waals surface area contributed by atoms with Crippen molar-refractivity contribution in [3.05, 3.63) is 60.2 Å².